The first-order chi connectivity index (χ1) is 14.4. The number of carbonyl (C=O) groups is 1. The molecule has 2 aliphatic rings. The van der Waals surface area contributed by atoms with E-state index in [0.29, 0.717) is 50.1 Å². The Kier molecular flexibility index (Phi) is 5.85. The largest absolute Gasteiger partial charge is 0.393 e. The molecule has 4 rings (SSSR count). The maximum atomic E-state index is 13.4. The second-order valence-electron chi connectivity index (χ2n) is 8.22. The maximum Gasteiger partial charge on any atom is 0.269 e. The summed E-state index contributed by atoms with van der Waals surface area (Å²) in [6.45, 7) is 4.14. The number of rotatable bonds is 3. The SMILES string of the molecule is Cc1cc(F)ccc1C(=O)N1CCC[C@@H](n2ncc(N3CCC(O)CC3)cc2=O)C1. The lowest BCUT2D eigenvalue weighted by Crippen LogP contribution is -2.44. The lowest BCUT2D eigenvalue weighted by Gasteiger charge is -2.34. The van der Waals surface area contributed by atoms with E-state index in [1.54, 1.807) is 24.1 Å². The Morgan fingerprint density at radius 1 is 1.17 bits per heavy atom. The first-order valence-electron chi connectivity index (χ1n) is 10.5. The molecule has 0 aliphatic carbocycles. The summed E-state index contributed by atoms with van der Waals surface area (Å²) < 4.78 is 14.9. The molecule has 160 valence electrons. The van der Waals surface area contributed by atoms with Gasteiger partial charge in [-0.1, -0.05) is 0 Å². The summed E-state index contributed by atoms with van der Waals surface area (Å²) in [5.41, 5.74) is 1.68. The van der Waals surface area contributed by atoms with Crippen molar-refractivity contribution < 1.29 is 14.3 Å². The standard InChI is InChI=1S/C22H27FN4O3/c1-15-11-16(23)4-5-20(15)22(30)26-8-2-3-17(14-26)27-21(29)12-18(13-24-27)25-9-6-19(28)7-10-25/h4-5,11-13,17,19,28H,2-3,6-10,14H2,1H3/t17-/m1/s1. The number of anilines is 1. The van der Waals surface area contributed by atoms with Crippen LogP contribution in [0.15, 0.2) is 35.3 Å². The zero-order chi connectivity index (χ0) is 21.3. The number of aliphatic hydroxyl groups is 1. The third kappa shape index (κ3) is 4.23. The third-order valence-corrected chi connectivity index (χ3v) is 6.09. The Morgan fingerprint density at radius 2 is 1.93 bits per heavy atom. The molecule has 1 atom stereocenters. The predicted molar refractivity (Wildman–Crippen MR) is 111 cm³/mol. The second-order valence-corrected chi connectivity index (χ2v) is 8.22. The molecule has 1 aromatic heterocycles. The van der Waals surface area contributed by atoms with Crippen LogP contribution in [0.1, 0.15) is 47.6 Å². The van der Waals surface area contributed by atoms with Gasteiger partial charge in [-0.2, -0.15) is 5.10 Å². The number of aryl methyl sites for hydroxylation is 1. The van der Waals surface area contributed by atoms with Gasteiger partial charge in [-0.3, -0.25) is 9.59 Å². The smallest absolute Gasteiger partial charge is 0.269 e. The van der Waals surface area contributed by atoms with Crippen molar-refractivity contribution in [3.05, 3.63) is 57.8 Å². The molecule has 7 nitrogen and oxygen atoms in total. The second kappa shape index (κ2) is 8.55. The van der Waals surface area contributed by atoms with Crippen molar-refractivity contribution >= 4 is 11.6 Å². The summed E-state index contributed by atoms with van der Waals surface area (Å²) in [5.74, 6) is -0.506. The predicted octanol–water partition coefficient (Wildman–Crippen LogP) is 2.13. The van der Waals surface area contributed by atoms with E-state index < -0.39 is 0 Å². The number of hydrogen-bond acceptors (Lipinski definition) is 5. The van der Waals surface area contributed by atoms with Crippen molar-refractivity contribution in [2.24, 2.45) is 0 Å². The molecule has 2 aliphatic heterocycles. The number of nitrogens with zero attached hydrogens (tertiary/aromatic N) is 4. The number of hydrogen-bond donors (Lipinski definition) is 1. The highest BCUT2D eigenvalue weighted by molar-refractivity contribution is 5.95. The summed E-state index contributed by atoms with van der Waals surface area (Å²) >= 11 is 0. The van der Waals surface area contributed by atoms with Gasteiger partial charge in [0.15, 0.2) is 0 Å². The molecule has 1 N–H and O–H groups in total. The number of likely N-dealkylation sites (tertiary alicyclic amines) is 1. The van der Waals surface area contributed by atoms with Crippen LogP contribution in [-0.4, -0.2) is 58.0 Å². The molecule has 0 radical (unpaired) electrons. The van der Waals surface area contributed by atoms with Gasteiger partial charge in [-0.25, -0.2) is 9.07 Å². The fourth-order valence-corrected chi connectivity index (χ4v) is 4.36. The van der Waals surface area contributed by atoms with Crippen LogP contribution in [-0.2, 0) is 0 Å². The minimum Gasteiger partial charge on any atom is -0.393 e. The summed E-state index contributed by atoms with van der Waals surface area (Å²) in [6, 6.07) is 5.58. The molecule has 0 spiro atoms. The zero-order valence-electron chi connectivity index (χ0n) is 17.1. The molecule has 2 aromatic rings. The highest BCUT2D eigenvalue weighted by atomic mass is 19.1. The van der Waals surface area contributed by atoms with Crippen molar-refractivity contribution in [1.82, 2.24) is 14.7 Å². The van der Waals surface area contributed by atoms with E-state index >= 15 is 0 Å². The number of aliphatic hydroxyl groups excluding tert-OH is 1. The van der Waals surface area contributed by atoms with Crippen LogP contribution in [0.2, 0.25) is 0 Å². The van der Waals surface area contributed by atoms with Crippen molar-refractivity contribution in [2.75, 3.05) is 31.1 Å². The van der Waals surface area contributed by atoms with Crippen molar-refractivity contribution in [1.29, 1.82) is 0 Å². The number of halogens is 1. The van der Waals surface area contributed by atoms with Crippen molar-refractivity contribution in [3.63, 3.8) is 0 Å². The molecule has 2 saturated heterocycles. The first-order valence-corrected chi connectivity index (χ1v) is 10.5. The van der Waals surface area contributed by atoms with E-state index in [1.165, 1.54) is 22.9 Å². The van der Waals surface area contributed by atoms with Crippen LogP contribution in [0, 0.1) is 12.7 Å². The molecule has 0 unspecified atom stereocenters. The molecule has 8 heteroatoms. The highest BCUT2D eigenvalue weighted by Crippen LogP contribution is 2.23. The molecule has 0 bridgehead atoms. The molecular formula is C22H27FN4O3. The Hall–Kier alpha value is -2.74. The number of carbonyl (C=O) groups excluding carboxylic acids is 1. The van der Waals surface area contributed by atoms with E-state index in [9.17, 15) is 19.1 Å². The number of benzene rings is 1. The lowest BCUT2D eigenvalue weighted by molar-refractivity contribution is 0.0669. The average molecular weight is 414 g/mol. The van der Waals surface area contributed by atoms with Crippen molar-refractivity contribution in [2.45, 2.75) is 44.8 Å². The van der Waals surface area contributed by atoms with E-state index in [4.69, 9.17) is 0 Å². The van der Waals surface area contributed by atoms with E-state index in [2.05, 4.69) is 10.00 Å². The summed E-state index contributed by atoms with van der Waals surface area (Å²) in [6.07, 6.45) is 4.34. The van der Waals surface area contributed by atoms with Gasteiger partial charge < -0.3 is 14.9 Å². The average Bonchev–Trinajstić information content (AvgIpc) is 2.74. The normalized spacial score (nSPS) is 20.4. The minimum absolute atomic E-state index is 0.145. The van der Waals surface area contributed by atoms with Gasteiger partial charge in [-0.05, 0) is 56.4 Å². The fraction of sp³-hybridized carbons (Fsp3) is 0.500. The van der Waals surface area contributed by atoms with Gasteiger partial charge in [-0.15, -0.1) is 0 Å². The van der Waals surface area contributed by atoms with Crippen LogP contribution in [0.5, 0.6) is 0 Å². The van der Waals surface area contributed by atoms with Gasteiger partial charge in [0.1, 0.15) is 5.82 Å². The van der Waals surface area contributed by atoms with Crippen LogP contribution in [0.25, 0.3) is 0 Å². The molecule has 0 saturated carbocycles. The Labute approximate surface area is 174 Å². The van der Waals surface area contributed by atoms with E-state index in [0.717, 1.165) is 18.5 Å². The van der Waals surface area contributed by atoms with Gasteiger partial charge >= 0.3 is 0 Å². The van der Waals surface area contributed by atoms with Crippen LogP contribution in [0.3, 0.4) is 0 Å². The summed E-state index contributed by atoms with van der Waals surface area (Å²) in [7, 11) is 0. The van der Waals surface area contributed by atoms with Crippen molar-refractivity contribution in [3.8, 4) is 0 Å². The minimum atomic E-state index is -0.361. The molecule has 1 amide bonds. The van der Waals surface area contributed by atoms with E-state index in [1.807, 2.05) is 0 Å². The maximum absolute atomic E-state index is 13.4. The Bertz CT molecular complexity index is 985. The first kappa shape index (κ1) is 20.5. The number of piperidine rings is 2. The van der Waals surface area contributed by atoms with Gasteiger partial charge in [0.05, 0.1) is 24.0 Å². The van der Waals surface area contributed by atoms with Gasteiger partial charge in [0, 0.05) is 37.8 Å². The Morgan fingerprint density at radius 3 is 2.63 bits per heavy atom. The lowest BCUT2D eigenvalue weighted by atomic mass is 10.0. The summed E-state index contributed by atoms with van der Waals surface area (Å²) in [4.78, 5) is 29.5. The molecular weight excluding hydrogens is 387 g/mol. The van der Waals surface area contributed by atoms with Crippen LogP contribution < -0.4 is 10.5 Å². The monoisotopic (exact) mass is 414 g/mol. The highest BCUT2D eigenvalue weighted by Gasteiger charge is 2.28. The molecule has 2 fully saturated rings. The Balaban J connectivity index is 1.49. The quantitative estimate of drug-likeness (QED) is 0.833. The van der Waals surface area contributed by atoms with Crippen LogP contribution in [0.4, 0.5) is 10.1 Å². The number of amides is 1. The molecule has 30 heavy (non-hydrogen) atoms. The fourth-order valence-electron chi connectivity index (χ4n) is 4.36. The van der Waals surface area contributed by atoms with Gasteiger partial charge in [0.2, 0.25) is 0 Å². The number of aromatic nitrogens is 2. The molecule has 3 heterocycles. The van der Waals surface area contributed by atoms with Gasteiger partial charge in [0.25, 0.3) is 11.5 Å². The van der Waals surface area contributed by atoms with Crippen LogP contribution >= 0.6 is 0 Å². The molecule has 1 aromatic carbocycles. The van der Waals surface area contributed by atoms with E-state index in [-0.39, 0.29) is 29.4 Å². The third-order valence-electron chi connectivity index (χ3n) is 6.09. The zero-order valence-corrected chi connectivity index (χ0v) is 17.1. The topological polar surface area (TPSA) is 78.7 Å². The summed E-state index contributed by atoms with van der Waals surface area (Å²) in [5, 5.41) is 14.1.